The minimum absolute atomic E-state index is 0.0121. The number of carbonyl (C=O) groups is 1. The van der Waals surface area contributed by atoms with E-state index in [0.29, 0.717) is 0 Å². The van der Waals surface area contributed by atoms with Gasteiger partial charge in [-0.05, 0) is 30.7 Å². The molecule has 1 aromatic carbocycles. The number of nitrogens with one attached hydrogen (secondary N) is 2. The summed E-state index contributed by atoms with van der Waals surface area (Å²) < 4.78 is 0. The van der Waals surface area contributed by atoms with Crippen LogP contribution < -0.4 is 10.6 Å². The summed E-state index contributed by atoms with van der Waals surface area (Å²) in [5.41, 5.74) is 1.86. The van der Waals surface area contributed by atoms with E-state index in [9.17, 15) is 4.79 Å². The maximum Gasteiger partial charge on any atom is 0.226 e. The molecular formula is C16H21N3OS. The van der Waals surface area contributed by atoms with Gasteiger partial charge in [-0.3, -0.25) is 4.79 Å². The van der Waals surface area contributed by atoms with Crippen molar-refractivity contribution in [3.05, 3.63) is 40.3 Å². The Balaban J connectivity index is 1.88. The van der Waals surface area contributed by atoms with Gasteiger partial charge in [0.15, 0.2) is 0 Å². The fraction of sp³-hybridized carbons (Fsp3) is 0.375. The van der Waals surface area contributed by atoms with Crippen molar-refractivity contribution in [1.82, 2.24) is 4.98 Å². The van der Waals surface area contributed by atoms with Crippen LogP contribution in [0.5, 0.6) is 0 Å². The van der Waals surface area contributed by atoms with E-state index in [0.717, 1.165) is 24.3 Å². The lowest BCUT2D eigenvalue weighted by Crippen LogP contribution is -2.17. The lowest BCUT2D eigenvalue weighted by atomic mass is 10.2. The quantitative estimate of drug-likeness (QED) is 0.850. The molecule has 2 N–H and O–H groups in total. The Morgan fingerprint density at radius 3 is 2.48 bits per heavy atom. The third kappa shape index (κ3) is 4.56. The number of nitrogens with zero attached hydrogens (tertiary/aromatic N) is 1. The van der Waals surface area contributed by atoms with Crippen LogP contribution in [0.15, 0.2) is 30.5 Å². The summed E-state index contributed by atoms with van der Waals surface area (Å²) in [6, 6.07) is 7.76. The van der Waals surface area contributed by atoms with Gasteiger partial charge in [-0.25, -0.2) is 4.98 Å². The topological polar surface area (TPSA) is 54.0 Å². The zero-order valence-electron chi connectivity index (χ0n) is 12.6. The smallest absolute Gasteiger partial charge is 0.226 e. The number of rotatable bonds is 6. The van der Waals surface area contributed by atoms with Crippen LogP contribution in [0.1, 0.15) is 30.7 Å². The van der Waals surface area contributed by atoms with Gasteiger partial charge in [-0.15, -0.1) is 11.3 Å². The van der Waals surface area contributed by atoms with E-state index in [4.69, 9.17) is 0 Å². The normalized spacial score (nSPS) is 10.7. The molecule has 2 rings (SSSR count). The minimum atomic E-state index is -0.0121. The second kappa shape index (κ2) is 7.22. The average molecular weight is 303 g/mol. The fourth-order valence-corrected chi connectivity index (χ4v) is 2.54. The van der Waals surface area contributed by atoms with Crippen LogP contribution in [0.25, 0.3) is 0 Å². The van der Waals surface area contributed by atoms with Crippen LogP contribution >= 0.6 is 11.3 Å². The number of amides is 1. The molecule has 4 nitrogen and oxygen atoms in total. The largest absolute Gasteiger partial charge is 0.380 e. The van der Waals surface area contributed by atoms with Crippen LogP contribution in [-0.4, -0.2) is 10.9 Å². The van der Waals surface area contributed by atoms with E-state index in [2.05, 4.69) is 22.5 Å². The summed E-state index contributed by atoms with van der Waals surface area (Å²) in [5.74, 6) is 0.0226. The molecule has 0 spiro atoms. The Morgan fingerprint density at radius 1 is 1.24 bits per heavy atom. The molecule has 112 valence electrons. The van der Waals surface area contributed by atoms with Crippen molar-refractivity contribution < 1.29 is 4.79 Å². The molecule has 0 saturated heterocycles. The van der Waals surface area contributed by atoms with Crippen LogP contribution in [-0.2, 0) is 17.8 Å². The number of aryl methyl sites for hydroxylation is 1. The van der Waals surface area contributed by atoms with Gasteiger partial charge in [0.1, 0.15) is 0 Å². The molecule has 0 aliphatic carbocycles. The highest BCUT2D eigenvalue weighted by Gasteiger charge is 2.06. The summed E-state index contributed by atoms with van der Waals surface area (Å²) in [6.07, 6.45) is 2.91. The van der Waals surface area contributed by atoms with Gasteiger partial charge in [0, 0.05) is 28.4 Å². The molecule has 0 bridgehead atoms. The van der Waals surface area contributed by atoms with Crippen LogP contribution in [0.2, 0.25) is 0 Å². The molecular weight excluding hydrogens is 282 g/mol. The predicted molar refractivity (Wildman–Crippen MR) is 88.7 cm³/mol. The standard InChI is InChI=1S/C16H21N3OS/c1-4-15-18-10-14(21-15)9-17-12-5-7-13(8-6-12)19-16(20)11(2)3/h5-8,10-11,17H,4,9H2,1-3H3,(H,19,20). The van der Waals surface area contributed by atoms with Crippen LogP contribution in [0.3, 0.4) is 0 Å². The van der Waals surface area contributed by atoms with Gasteiger partial charge >= 0.3 is 0 Å². The molecule has 1 aromatic heterocycles. The van der Waals surface area contributed by atoms with Crippen molar-refractivity contribution in [3.8, 4) is 0 Å². The summed E-state index contributed by atoms with van der Waals surface area (Å²) in [4.78, 5) is 17.2. The lowest BCUT2D eigenvalue weighted by molar-refractivity contribution is -0.118. The molecule has 0 aliphatic heterocycles. The third-order valence-electron chi connectivity index (χ3n) is 3.05. The molecule has 21 heavy (non-hydrogen) atoms. The Kier molecular flexibility index (Phi) is 5.33. The number of hydrogen-bond donors (Lipinski definition) is 2. The highest BCUT2D eigenvalue weighted by molar-refractivity contribution is 7.11. The number of benzene rings is 1. The van der Waals surface area contributed by atoms with Gasteiger partial charge in [0.25, 0.3) is 0 Å². The van der Waals surface area contributed by atoms with E-state index >= 15 is 0 Å². The number of aromatic nitrogens is 1. The van der Waals surface area contributed by atoms with E-state index < -0.39 is 0 Å². The van der Waals surface area contributed by atoms with E-state index in [-0.39, 0.29) is 11.8 Å². The minimum Gasteiger partial charge on any atom is -0.380 e. The Labute approximate surface area is 129 Å². The van der Waals surface area contributed by atoms with E-state index in [1.54, 1.807) is 11.3 Å². The first-order chi connectivity index (χ1) is 10.1. The summed E-state index contributed by atoms with van der Waals surface area (Å²) in [7, 11) is 0. The molecule has 1 heterocycles. The molecule has 5 heteroatoms. The molecule has 0 atom stereocenters. The third-order valence-corrected chi connectivity index (χ3v) is 4.19. The SMILES string of the molecule is CCc1ncc(CNc2ccc(NC(=O)C(C)C)cc2)s1. The van der Waals surface area contributed by atoms with Crippen molar-refractivity contribution in [1.29, 1.82) is 0 Å². The summed E-state index contributed by atoms with van der Waals surface area (Å²) in [5, 5.41) is 7.40. The van der Waals surface area contributed by atoms with Crippen molar-refractivity contribution >= 4 is 28.6 Å². The molecule has 0 aliphatic rings. The monoisotopic (exact) mass is 303 g/mol. The molecule has 1 amide bonds. The first-order valence-corrected chi connectivity index (χ1v) is 7.98. The highest BCUT2D eigenvalue weighted by Crippen LogP contribution is 2.18. The van der Waals surface area contributed by atoms with Gasteiger partial charge in [-0.1, -0.05) is 20.8 Å². The molecule has 0 radical (unpaired) electrons. The van der Waals surface area contributed by atoms with Crippen LogP contribution in [0.4, 0.5) is 11.4 Å². The first-order valence-electron chi connectivity index (χ1n) is 7.17. The summed E-state index contributed by atoms with van der Waals surface area (Å²) in [6.45, 7) is 6.64. The van der Waals surface area contributed by atoms with Crippen LogP contribution in [0, 0.1) is 5.92 Å². The van der Waals surface area contributed by atoms with E-state index in [1.165, 1.54) is 9.88 Å². The predicted octanol–water partition coefficient (Wildman–Crippen LogP) is 3.91. The van der Waals surface area contributed by atoms with Gasteiger partial charge in [-0.2, -0.15) is 0 Å². The average Bonchev–Trinajstić information content (AvgIpc) is 2.94. The van der Waals surface area contributed by atoms with Gasteiger partial charge < -0.3 is 10.6 Å². The van der Waals surface area contributed by atoms with Crippen molar-refractivity contribution in [2.45, 2.75) is 33.7 Å². The summed E-state index contributed by atoms with van der Waals surface area (Å²) >= 11 is 1.74. The Morgan fingerprint density at radius 2 is 1.90 bits per heavy atom. The second-order valence-corrected chi connectivity index (χ2v) is 6.35. The number of thiazole rings is 1. The van der Waals surface area contributed by atoms with E-state index in [1.807, 2.05) is 44.3 Å². The number of anilines is 2. The van der Waals surface area contributed by atoms with Gasteiger partial charge in [0.05, 0.1) is 11.6 Å². The first kappa shape index (κ1) is 15.5. The Hall–Kier alpha value is -1.88. The van der Waals surface area contributed by atoms with Crippen molar-refractivity contribution in [2.75, 3.05) is 10.6 Å². The molecule has 0 fully saturated rings. The maximum absolute atomic E-state index is 11.6. The Bertz CT molecular complexity index is 590. The lowest BCUT2D eigenvalue weighted by Gasteiger charge is -2.09. The molecule has 0 saturated carbocycles. The zero-order chi connectivity index (χ0) is 15.2. The molecule has 2 aromatic rings. The fourth-order valence-electron chi connectivity index (χ4n) is 1.74. The van der Waals surface area contributed by atoms with Gasteiger partial charge in [0.2, 0.25) is 5.91 Å². The number of hydrogen-bond acceptors (Lipinski definition) is 4. The zero-order valence-corrected chi connectivity index (χ0v) is 13.5. The molecule has 0 unspecified atom stereocenters. The van der Waals surface area contributed by atoms with Crippen molar-refractivity contribution in [3.63, 3.8) is 0 Å². The maximum atomic E-state index is 11.6. The second-order valence-electron chi connectivity index (χ2n) is 5.15. The highest BCUT2D eigenvalue weighted by atomic mass is 32.1. The van der Waals surface area contributed by atoms with Crippen molar-refractivity contribution in [2.24, 2.45) is 5.92 Å². The number of carbonyl (C=O) groups excluding carboxylic acids is 1.